The number of hydrogen-bond acceptors (Lipinski definition) is 3. The second kappa shape index (κ2) is 7.57. The van der Waals surface area contributed by atoms with Gasteiger partial charge in [-0.1, -0.05) is 53.2 Å². The van der Waals surface area contributed by atoms with E-state index in [1.165, 1.54) is 5.57 Å². The van der Waals surface area contributed by atoms with E-state index in [4.69, 9.17) is 0 Å². The third-order valence-electron chi connectivity index (χ3n) is 13.5. The van der Waals surface area contributed by atoms with Gasteiger partial charge in [0.15, 0.2) is 0 Å². The molecule has 3 N–H and O–H groups in total. The number of aliphatic hydroxyl groups excluding tert-OH is 2. The molecule has 4 fully saturated rings. The van der Waals surface area contributed by atoms with Crippen molar-refractivity contribution < 1.29 is 20.1 Å². The van der Waals surface area contributed by atoms with E-state index in [0.29, 0.717) is 23.7 Å². The van der Waals surface area contributed by atoms with E-state index in [2.05, 4.69) is 47.6 Å². The molecule has 5 aliphatic carbocycles. The third-order valence-corrected chi connectivity index (χ3v) is 13.5. The highest BCUT2D eigenvalue weighted by Crippen LogP contribution is 2.75. The van der Waals surface area contributed by atoms with Gasteiger partial charge in [-0.05, 0) is 104 Å². The minimum Gasteiger partial charge on any atom is -0.481 e. The predicted octanol–water partition coefficient (Wildman–Crippen LogP) is 6.06. The molecule has 0 amide bonds. The predicted molar refractivity (Wildman–Crippen MR) is 134 cm³/mol. The Hall–Kier alpha value is -0.870. The molecule has 0 aromatic heterocycles. The SMILES string of the molecule is C[C@H]1[C@H](C)CC[C@]2(C(=O)O)CC[C@]3(C)C(=CCC4[C@@]5(C)CC[C@H](O)[C@@](C)(CO)C5CC[C@]43C)[C@H]12. The average Bonchev–Trinajstić information content (AvgIpc) is 2.79. The average molecular weight is 473 g/mol. The molecule has 4 saturated carbocycles. The van der Waals surface area contributed by atoms with Crippen LogP contribution in [0.15, 0.2) is 11.6 Å². The maximum atomic E-state index is 12.8. The number of aliphatic carboxylic acids is 1. The van der Waals surface area contributed by atoms with Crippen molar-refractivity contribution in [1.82, 2.24) is 0 Å². The van der Waals surface area contributed by atoms with Gasteiger partial charge in [0.1, 0.15) is 0 Å². The molecule has 0 spiro atoms. The van der Waals surface area contributed by atoms with Crippen molar-refractivity contribution in [2.75, 3.05) is 6.61 Å². The van der Waals surface area contributed by atoms with Gasteiger partial charge in [0, 0.05) is 5.41 Å². The van der Waals surface area contributed by atoms with E-state index in [1.807, 2.05) is 0 Å². The lowest BCUT2D eigenvalue weighted by molar-refractivity contribution is -0.217. The first-order chi connectivity index (χ1) is 15.8. The fourth-order valence-electron chi connectivity index (χ4n) is 10.9. The van der Waals surface area contributed by atoms with Crippen molar-refractivity contribution in [1.29, 1.82) is 0 Å². The number of carboxylic acid groups (broad SMARTS) is 1. The van der Waals surface area contributed by atoms with E-state index in [-0.39, 0.29) is 28.8 Å². The van der Waals surface area contributed by atoms with Gasteiger partial charge in [-0.25, -0.2) is 0 Å². The molecular formula is C30H48O4. The number of carboxylic acids is 1. The van der Waals surface area contributed by atoms with E-state index in [0.717, 1.165) is 57.8 Å². The summed E-state index contributed by atoms with van der Waals surface area (Å²) < 4.78 is 0. The molecule has 0 bridgehead atoms. The Bertz CT molecular complexity index is 896. The van der Waals surface area contributed by atoms with Crippen LogP contribution in [-0.4, -0.2) is 34.0 Å². The van der Waals surface area contributed by atoms with Crippen LogP contribution in [-0.2, 0) is 4.79 Å². The Balaban J connectivity index is 1.61. The molecule has 0 aromatic rings. The van der Waals surface area contributed by atoms with Crippen LogP contribution >= 0.6 is 0 Å². The fraction of sp³-hybridized carbons (Fsp3) is 0.900. The first kappa shape index (κ1) is 24.8. The zero-order chi connectivity index (χ0) is 24.9. The molecular weight excluding hydrogens is 424 g/mol. The quantitative estimate of drug-likeness (QED) is 0.427. The van der Waals surface area contributed by atoms with Gasteiger partial charge in [0.25, 0.3) is 0 Å². The molecule has 0 aliphatic heterocycles. The lowest BCUT2D eigenvalue weighted by Gasteiger charge is -2.71. The van der Waals surface area contributed by atoms with Crippen LogP contribution in [0.4, 0.5) is 0 Å². The summed E-state index contributed by atoms with van der Waals surface area (Å²) in [5.41, 5.74) is 0.670. The summed E-state index contributed by atoms with van der Waals surface area (Å²) in [4.78, 5) is 12.8. The smallest absolute Gasteiger partial charge is 0.310 e. The number of allylic oxidation sites excluding steroid dienone is 2. The maximum absolute atomic E-state index is 12.8. The summed E-state index contributed by atoms with van der Waals surface area (Å²) in [6, 6.07) is 0. The third kappa shape index (κ3) is 2.76. The first-order valence-electron chi connectivity index (χ1n) is 14.0. The zero-order valence-electron chi connectivity index (χ0n) is 22.4. The summed E-state index contributed by atoms with van der Waals surface area (Å²) in [5.74, 6) is 1.35. The Morgan fingerprint density at radius 2 is 1.68 bits per heavy atom. The Morgan fingerprint density at radius 3 is 2.32 bits per heavy atom. The van der Waals surface area contributed by atoms with Gasteiger partial charge in [-0.2, -0.15) is 0 Å². The largest absolute Gasteiger partial charge is 0.481 e. The fourth-order valence-corrected chi connectivity index (χ4v) is 10.9. The number of carbonyl (C=O) groups is 1. The summed E-state index contributed by atoms with van der Waals surface area (Å²) in [6.45, 7) is 14.3. The van der Waals surface area contributed by atoms with Crippen molar-refractivity contribution in [3.8, 4) is 0 Å². The minimum absolute atomic E-state index is 0.0184. The molecule has 0 heterocycles. The van der Waals surface area contributed by atoms with Crippen molar-refractivity contribution in [2.24, 2.45) is 56.7 Å². The molecule has 5 aliphatic rings. The summed E-state index contributed by atoms with van der Waals surface area (Å²) in [5, 5.41) is 31.9. The lowest BCUT2D eigenvalue weighted by atomic mass is 9.33. The lowest BCUT2D eigenvalue weighted by Crippen LogP contribution is -2.66. The zero-order valence-corrected chi connectivity index (χ0v) is 22.4. The van der Waals surface area contributed by atoms with Crippen LogP contribution in [0.2, 0.25) is 0 Å². The molecule has 2 unspecified atom stereocenters. The molecule has 192 valence electrons. The molecule has 4 heteroatoms. The monoisotopic (exact) mass is 472 g/mol. The van der Waals surface area contributed by atoms with E-state index in [1.54, 1.807) is 0 Å². The highest BCUT2D eigenvalue weighted by Gasteiger charge is 2.69. The highest BCUT2D eigenvalue weighted by atomic mass is 16.4. The van der Waals surface area contributed by atoms with Gasteiger partial charge < -0.3 is 15.3 Å². The summed E-state index contributed by atoms with van der Waals surface area (Å²) in [7, 11) is 0. The second-order valence-corrected chi connectivity index (χ2v) is 14.3. The molecule has 5 rings (SSSR count). The summed E-state index contributed by atoms with van der Waals surface area (Å²) >= 11 is 0. The number of rotatable bonds is 2. The summed E-state index contributed by atoms with van der Waals surface area (Å²) in [6.07, 6.45) is 10.6. The van der Waals surface area contributed by atoms with Gasteiger partial charge in [-0.3, -0.25) is 4.79 Å². The molecule has 34 heavy (non-hydrogen) atoms. The van der Waals surface area contributed by atoms with Crippen LogP contribution in [0.5, 0.6) is 0 Å². The van der Waals surface area contributed by atoms with Gasteiger partial charge in [-0.15, -0.1) is 0 Å². The van der Waals surface area contributed by atoms with Gasteiger partial charge in [0.2, 0.25) is 0 Å². The Labute approximate surface area is 206 Å². The maximum Gasteiger partial charge on any atom is 0.310 e. The molecule has 4 nitrogen and oxygen atoms in total. The van der Waals surface area contributed by atoms with Crippen LogP contribution in [0.1, 0.15) is 99.3 Å². The van der Waals surface area contributed by atoms with Gasteiger partial charge >= 0.3 is 5.97 Å². The normalized spacial score (nSPS) is 56.9. The Morgan fingerprint density at radius 1 is 0.971 bits per heavy atom. The first-order valence-corrected chi connectivity index (χ1v) is 14.0. The van der Waals surface area contributed by atoms with Crippen LogP contribution in [0.25, 0.3) is 0 Å². The standard InChI is InChI=1S/C30H48O4/c1-18-9-14-30(25(33)34)16-15-28(5)20(24(30)19(18)2)7-8-22-26(3)12-11-23(32)27(4,17-31)21(26)10-13-29(22,28)6/h7,18-19,21-24,31-32H,8-17H2,1-6H3,(H,33,34)/t18-,19+,21?,22?,23+,24+,26+,27+,28-,29-,30+/m1/s1. The number of aliphatic hydroxyl groups is 2. The topological polar surface area (TPSA) is 77.8 Å². The highest BCUT2D eigenvalue weighted by molar-refractivity contribution is 5.76. The van der Waals surface area contributed by atoms with Crippen molar-refractivity contribution >= 4 is 5.97 Å². The van der Waals surface area contributed by atoms with E-state index < -0.39 is 22.9 Å². The van der Waals surface area contributed by atoms with Crippen molar-refractivity contribution in [2.45, 2.75) is 105 Å². The van der Waals surface area contributed by atoms with Crippen LogP contribution in [0.3, 0.4) is 0 Å². The van der Waals surface area contributed by atoms with Crippen molar-refractivity contribution in [3.05, 3.63) is 11.6 Å². The molecule has 0 aromatic carbocycles. The van der Waals surface area contributed by atoms with E-state index in [9.17, 15) is 20.1 Å². The van der Waals surface area contributed by atoms with Crippen LogP contribution in [0, 0.1) is 56.7 Å². The molecule has 11 atom stereocenters. The molecule has 0 radical (unpaired) electrons. The Kier molecular flexibility index (Phi) is 5.52. The van der Waals surface area contributed by atoms with E-state index >= 15 is 0 Å². The van der Waals surface area contributed by atoms with Gasteiger partial charge in [0.05, 0.1) is 18.1 Å². The number of hydrogen-bond donors (Lipinski definition) is 3. The second-order valence-electron chi connectivity index (χ2n) is 14.3. The van der Waals surface area contributed by atoms with Crippen LogP contribution < -0.4 is 0 Å². The van der Waals surface area contributed by atoms with Crippen molar-refractivity contribution in [3.63, 3.8) is 0 Å². The minimum atomic E-state index is -0.591. The number of fused-ring (bicyclic) bond motifs is 7. The molecule has 0 saturated heterocycles.